The molecule has 0 aromatic heterocycles. The first-order chi connectivity index (χ1) is 35.0. The maximum Gasteiger partial charge on any atom is 0.306 e. The Balaban J connectivity index is 1.78. The second-order valence-corrected chi connectivity index (χ2v) is 20.1. The number of rotatable bonds is 45. The van der Waals surface area contributed by atoms with E-state index in [1.165, 1.54) is 135 Å². The molecule has 0 radical (unpaired) electrons. The molecule has 2 fully saturated rings. The van der Waals surface area contributed by atoms with E-state index >= 15 is 0 Å². The maximum absolute atomic E-state index is 13.0. The fourth-order valence-corrected chi connectivity index (χ4v) is 8.94. The zero-order valence-electron chi connectivity index (χ0n) is 44.7. The van der Waals surface area contributed by atoms with Gasteiger partial charge in [-0.25, -0.2) is 0 Å². The molecule has 420 valence electrons. The van der Waals surface area contributed by atoms with Gasteiger partial charge in [0.15, 0.2) is 18.7 Å². The van der Waals surface area contributed by atoms with E-state index in [9.17, 15) is 45.3 Å². The number of aliphatic hydroxyl groups is 7. The third-order valence-corrected chi connectivity index (χ3v) is 13.6. The summed E-state index contributed by atoms with van der Waals surface area (Å²) in [7, 11) is 0. The van der Waals surface area contributed by atoms with Crippen LogP contribution in [0.3, 0.4) is 0 Å². The Morgan fingerprint density at radius 1 is 0.444 bits per heavy atom. The fraction of sp³-hybridized carbons (Fsp3) is 0.860. The van der Waals surface area contributed by atoms with E-state index in [2.05, 4.69) is 44.2 Å². The minimum absolute atomic E-state index is 0.0954. The Kier molecular flexibility index (Phi) is 40.1. The zero-order valence-corrected chi connectivity index (χ0v) is 44.7. The summed E-state index contributed by atoms with van der Waals surface area (Å²) >= 11 is 0. The minimum atomic E-state index is -1.77. The van der Waals surface area contributed by atoms with Crippen LogP contribution in [0.15, 0.2) is 36.5 Å². The van der Waals surface area contributed by atoms with Gasteiger partial charge in [-0.3, -0.25) is 9.59 Å². The second-order valence-electron chi connectivity index (χ2n) is 20.1. The number of hydrogen-bond donors (Lipinski definition) is 7. The lowest BCUT2D eigenvalue weighted by Crippen LogP contribution is -2.61. The van der Waals surface area contributed by atoms with Crippen molar-refractivity contribution in [2.24, 2.45) is 0 Å². The number of carbonyl (C=O) groups is 2. The molecule has 72 heavy (non-hydrogen) atoms. The van der Waals surface area contributed by atoms with Gasteiger partial charge < -0.3 is 64.2 Å². The summed E-state index contributed by atoms with van der Waals surface area (Å²) in [5.74, 6) is -0.977. The molecule has 0 aromatic carbocycles. The summed E-state index contributed by atoms with van der Waals surface area (Å²) in [5, 5.41) is 72.2. The Bertz CT molecular complexity index is 1390. The number of allylic oxidation sites excluding steroid dienone is 6. The van der Waals surface area contributed by atoms with Crippen molar-refractivity contribution in [2.75, 3.05) is 26.4 Å². The van der Waals surface area contributed by atoms with Gasteiger partial charge in [0.2, 0.25) is 0 Å². The average molecular weight is 1030 g/mol. The first-order valence-electron chi connectivity index (χ1n) is 28.6. The van der Waals surface area contributed by atoms with Crippen molar-refractivity contribution in [3.63, 3.8) is 0 Å². The number of esters is 2. The molecule has 15 heteroatoms. The summed E-state index contributed by atoms with van der Waals surface area (Å²) in [6, 6.07) is 0. The second kappa shape index (κ2) is 43.9. The van der Waals surface area contributed by atoms with E-state index < -0.39 is 99.3 Å². The first kappa shape index (κ1) is 65.8. The molecular weight excluding hydrogens is 925 g/mol. The van der Waals surface area contributed by atoms with Gasteiger partial charge in [0.25, 0.3) is 0 Å². The molecule has 7 N–H and O–H groups in total. The van der Waals surface area contributed by atoms with E-state index in [0.29, 0.717) is 19.3 Å². The van der Waals surface area contributed by atoms with Crippen molar-refractivity contribution < 1.29 is 73.8 Å². The van der Waals surface area contributed by atoms with Crippen LogP contribution in [0.1, 0.15) is 219 Å². The highest BCUT2D eigenvalue weighted by Crippen LogP contribution is 2.27. The molecule has 2 saturated heterocycles. The molecule has 0 aromatic rings. The van der Waals surface area contributed by atoms with Gasteiger partial charge in [-0.15, -0.1) is 0 Å². The van der Waals surface area contributed by atoms with Crippen molar-refractivity contribution >= 4 is 11.9 Å². The van der Waals surface area contributed by atoms with Crippen LogP contribution in [-0.4, -0.2) is 142 Å². The quantitative estimate of drug-likeness (QED) is 0.0171. The van der Waals surface area contributed by atoms with Gasteiger partial charge in [0.1, 0.15) is 55.4 Å². The Morgan fingerprint density at radius 3 is 1.35 bits per heavy atom. The number of ether oxygens (including phenoxy) is 6. The lowest BCUT2D eigenvalue weighted by atomic mass is 9.98. The largest absolute Gasteiger partial charge is 0.462 e. The van der Waals surface area contributed by atoms with Crippen LogP contribution in [-0.2, 0) is 38.0 Å². The number of aliphatic hydroxyl groups excluding tert-OH is 7. The number of unbranched alkanes of at least 4 members (excludes halogenated alkanes) is 25. The molecule has 0 bridgehead atoms. The minimum Gasteiger partial charge on any atom is -0.462 e. The van der Waals surface area contributed by atoms with Crippen LogP contribution < -0.4 is 0 Å². The topological polar surface area (TPSA) is 231 Å². The molecule has 0 aliphatic carbocycles. The van der Waals surface area contributed by atoms with Gasteiger partial charge in [0, 0.05) is 12.8 Å². The van der Waals surface area contributed by atoms with Gasteiger partial charge in [-0.05, 0) is 44.9 Å². The highest BCUT2D eigenvalue weighted by Gasteiger charge is 2.47. The highest BCUT2D eigenvalue weighted by atomic mass is 16.7. The normalized spacial score (nSPS) is 25.2. The van der Waals surface area contributed by atoms with E-state index in [-0.39, 0.29) is 19.4 Å². The molecule has 2 rings (SSSR count). The number of hydrogen-bond acceptors (Lipinski definition) is 15. The van der Waals surface area contributed by atoms with Gasteiger partial charge in [-0.2, -0.15) is 0 Å². The van der Waals surface area contributed by atoms with Gasteiger partial charge in [0.05, 0.1) is 19.8 Å². The molecular formula is C57H102O15. The molecule has 11 atom stereocenters. The number of carbonyl (C=O) groups excluding carboxylic acids is 2. The van der Waals surface area contributed by atoms with Crippen LogP contribution in [0, 0.1) is 0 Å². The van der Waals surface area contributed by atoms with Gasteiger partial charge >= 0.3 is 11.9 Å². The molecule has 0 saturated carbocycles. The summed E-state index contributed by atoms with van der Waals surface area (Å²) in [6.07, 6.45) is 31.8. The molecule has 4 unspecified atom stereocenters. The van der Waals surface area contributed by atoms with Crippen LogP contribution in [0.4, 0.5) is 0 Å². The van der Waals surface area contributed by atoms with E-state index in [0.717, 1.165) is 38.5 Å². The first-order valence-corrected chi connectivity index (χ1v) is 28.6. The smallest absolute Gasteiger partial charge is 0.306 e. The lowest BCUT2D eigenvalue weighted by Gasteiger charge is -2.42. The summed E-state index contributed by atoms with van der Waals surface area (Å²) in [6.45, 7) is 2.56. The Labute approximate surface area is 434 Å². The highest BCUT2D eigenvalue weighted by molar-refractivity contribution is 5.70. The van der Waals surface area contributed by atoms with Crippen molar-refractivity contribution in [1.82, 2.24) is 0 Å². The summed E-state index contributed by atoms with van der Waals surface area (Å²) in [5.41, 5.74) is 0. The monoisotopic (exact) mass is 1030 g/mol. The molecule has 2 aliphatic heterocycles. The van der Waals surface area contributed by atoms with Crippen LogP contribution in [0.5, 0.6) is 0 Å². The predicted molar refractivity (Wildman–Crippen MR) is 280 cm³/mol. The fourth-order valence-electron chi connectivity index (χ4n) is 8.94. The van der Waals surface area contributed by atoms with Crippen molar-refractivity contribution in [3.8, 4) is 0 Å². The van der Waals surface area contributed by atoms with E-state index in [1.54, 1.807) is 0 Å². The van der Waals surface area contributed by atoms with Crippen LogP contribution >= 0.6 is 0 Å². The van der Waals surface area contributed by atoms with Crippen molar-refractivity contribution in [3.05, 3.63) is 36.5 Å². The third kappa shape index (κ3) is 30.9. The van der Waals surface area contributed by atoms with Crippen molar-refractivity contribution in [2.45, 2.75) is 287 Å². The molecule has 0 spiro atoms. The summed E-state index contributed by atoms with van der Waals surface area (Å²) < 4.78 is 33.6. The zero-order chi connectivity index (χ0) is 52.4. The molecule has 15 nitrogen and oxygen atoms in total. The van der Waals surface area contributed by atoms with E-state index in [1.807, 2.05) is 6.08 Å². The van der Waals surface area contributed by atoms with Crippen molar-refractivity contribution in [1.29, 1.82) is 0 Å². The standard InChI is InChI=1S/C57H102O15/c1-3-5-7-9-11-13-15-17-19-21-22-24-25-27-29-31-33-35-37-39-48(59)67-42-45(70-49(60)40-38-36-34-32-30-28-26-23-20-18-16-14-12-10-8-6-4-2)43-68-56-55(66)53(64)51(62)47(72-56)44-69-57-54(65)52(63)50(61)46(41-58)71-57/h18,20,26,28,32,34,45-47,50-58,61-66H,3-17,19,21-25,27,29-31,33,35-44H2,1-2H3/b20-18+,28-26+,34-32+/t45-,46+,47+,50-,51-,52?,53?,54?,55?,56+,57+/m0/s1. The SMILES string of the molecule is CCCCCCCC/C=C/C/C=C/C/C=C/CCCC(=O)O[C@@H](COC(=O)CCCCCCCCCCCCCCCCCCCCC)CO[C@@H]1O[C@H](CO[C@@H]2O[C@H](CO)[C@H](O)C(O)C2O)[C@H](O)C(O)C1O. The van der Waals surface area contributed by atoms with Gasteiger partial charge in [-0.1, -0.05) is 198 Å². The molecule has 2 aliphatic rings. The average Bonchev–Trinajstić information content (AvgIpc) is 3.37. The molecule has 0 amide bonds. The lowest BCUT2D eigenvalue weighted by molar-refractivity contribution is -0.332. The third-order valence-electron chi connectivity index (χ3n) is 13.6. The summed E-state index contributed by atoms with van der Waals surface area (Å²) in [4.78, 5) is 25.8. The van der Waals surface area contributed by atoms with Crippen LogP contribution in [0.25, 0.3) is 0 Å². The van der Waals surface area contributed by atoms with Crippen LogP contribution in [0.2, 0.25) is 0 Å². The van der Waals surface area contributed by atoms with E-state index in [4.69, 9.17) is 28.4 Å². The molecule has 2 heterocycles. The maximum atomic E-state index is 13.0. The Hall–Kier alpha value is -2.28. The predicted octanol–water partition coefficient (Wildman–Crippen LogP) is 9.27. The Morgan fingerprint density at radius 2 is 0.847 bits per heavy atom.